The number of piperidine rings is 1. The summed E-state index contributed by atoms with van der Waals surface area (Å²) in [7, 11) is 0. The minimum absolute atomic E-state index is 0.0507. The zero-order valence-corrected chi connectivity index (χ0v) is 18.9. The first-order valence-corrected chi connectivity index (χ1v) is 12.1. The minimum atomic E-state index is -0.552. The number of halogens is 1. The Hall–Kier alpha value is -1.54. The second kappa shape index (κ2) is 10.4. The van der Waals surface area contributed by atoms with Crippen molar-refractivity contribution in [3.05, 3.63) is 47.3 Å². The molecule has 2 saturated heterocycles. The highest BCUT2D eigenvalue weighted by Gasteiger charge is 2.41. The number of nitrogens with zero attached hydrogens (tertiary/aromatic N) is 2. The van der Waals surface area contributed by atoms with Crippen LogP contribution >= 0.6 is 11.8 Å². The molecule has 1 aliphatic carbocycles. The van der Waals surface area contributed by atoms with Gasteiger partial charge in [-0.15, -0.1) is 0 Å². The van der Waals surface area contributed by atoms with Crippen molar-refractivity contribution in [1.29, 1.82) is 0 Å². The average molecular weight is 447 g/mol. The lowest BCUT2D eigenvalue weighted by Gasteiger charge is -2.39. The lowest BCUT2D eigenvalue weighted by atomic mass is 9.93. The van der Waals surface area contributed by atoms with E-state index < -0.39 is 6.04 Å². The number of Topliss-reactive ketones (excluding diaryl/α,β-unsaturated/α-hetero) is 1. The number of hydrogen-bond donors (Lipinski definition) is 0. The van der Waals surface area contributed by atoms with Gasteiger partial charge >= 0.3 is 0 Å². The van der Waals surface area contributed by atoms with Gasteiger partial charge in [0.1, 0.15) is 5.82 Å². The molecule has 3 aliphatic rings. The second-order valence-corrected chi connectivity index (χ2v) is 10.0. The lowest BCUT2D eigenvalue weighted by Crippen LogP contribution is -2.43. The molecule has 1 saturated carbocycles. The van der Waals surface area contributed by atoms with E-state index in [-0.39, 0.29) is 27.9 Å². The maximum Gasteiger partial charge on any atom is 0.186 e. The predicted octanol–water partition coefficient (Wildman–Crippen LogP) is 3.46. The molecule has 0 aromatic heterocycles. The van der Waals surface area contributed by atoms with Crippen molar-refractivity contribution in [3.8, 4) is 0 Å². The van der Waals surface area contributed by atoms with Crippen molar-refractivity contribution in [1.82, 2.24) is 9.80 Å². The van der Waals surface area contributed by atoms with Gasteiger partial charge in [0.2, 0.25) is 0 Å². The van der Waals surface area contributed by atoms with Crippen molar-refractivity contribution in [2.75, 3.05) is 45.9 Å². The maximum absolute atomic E-state index is 14.7. The fourth-order valence-electron chi connectivity index (χ4n) is 4.48. The monoisotopic (exact) mass is 446 g/mol. The first-order chi connectivity index (χ1) is 15.0. The predicted molar refractivity (Wildman–Crippen MR) is 120 cm³/mol. The van der Waals surface area contributed by atoms with Crippen molar-refractivity contribution in [3.63, 3.8) is 0 Å². The number of carbonyl (C=O) groups excluding carboxylic acids is 2. The molecule has 168 valence electrons. The molecule has 2 unspecified atom stereocenters. The molecule has 1 aromatic carbocycles. The van der Waals surface area contributed by atoms with Crippen LogP contribution in [0.4, 0.5) is 4.39 Å². The lowest BCUT2D eigenvalue weighted by molar-refractivity contribution is -0.126. The number of benzene rings is 1. The fourth-order valence-corrected chi connectivity index (χ4v) is 5.43. The van der Waals surface area contributed by atoms with E-state index in [2.05, 4.69) is 15.9 Å². The van der Waals surface area contributed by atoms with E-state index in [1.165, 1.54) is 23.4 Å². The molecule has 4 rings (SSSR count). The van der Waals surface area contributed by atoms with Crippen LogP contribution in [-0.4, -0.2) is 71.9 Å². The molecule has 3 fully saturated rings. The Morgan fingerprint density at radius 2 is 1.94 bits per heavy atom. The number of carbonyl (C=O) groups is 2. The van der Waals surface area contributed by atoms with Gasteiger partial charge in [-0.25, -0.2) is 4.39 Å². The first-order valence-electron chi connectivity index (χ1n) is 11.2. The van der Waals surface area contributed by atoms with Gasteiger partial charge in [0.05, 0.1) is 19.3 Å². The molecule has 0 bridgehead atoms. The van der Waals surface area contributed by atoms with Crippen LogP contribution in [-0.2, 0) is 14.3 Å². The van der Waals surface area contributed by atoms with Crippen molar-refractivity contribution in [2.45, 2.75) is 37.5 Å². The number of rotatable bonds is 7. The van der Waals surface area contributed by atoms with E-state index in [1.54, 1.807) is 25.1 Å². The quantitative estimate of drug-likeness (QED) is 0.598. The normalized spacial score (nSPS) is 25.5. The van der Waals surface area contributed by atoms with Crippen LogP contribution in [0.25, 0.3) is 0 Å². The Morgan fingerprint density at radius 1 is 1.19 bits per heavy atom. The highest BCUT2D eigenvalue weighted by atomic mass is 32.2. The Labute approximate surface area is 188 Å². The highest BCUT2D eigenvalue weighted by Crippen LogP contribution is 2.40. The van der Waals surface area contributed by atoms with Crippen LogP contribution in [0, 0.1) is 11.7 Å². The van der Waals surface area contributed by atoms with Crippen LogP contribution < -0.4 is 0 Å². The first kappa shape index (κ1) is 22.6. The molecule has 2 aliphatic heterocycles. The molecule has 2 atom stereocenters. The van der Waals surface area contributed by atoms with E-state index >= 15 is 0 Å². The summed E-state index contributed by atoms with van der Waals surface area (Å²) < 4.78 is 20.2. The van der Waals surface area contributed by atoms with Gasteiger partial charge < -0.3 is 4.74 Å². The number of thioether (sulfide) groups is 1. The standard InChI is InChI=1S/C24H31FN2O3S/c1-17(28)31-22-9-11-27(16-19(22)8-10-26-12-14-30-15-13-26)23(24(29)18-6-7-18)20-4-2-3-5-21(20)25/h2-5,8,18,22-23H,6-7,9-16H2,1H3/b19-8+. The summed E-state index contributed by atoms with van der Waals surface area (Å²) in [5, 5.41) is 0.225. The molecule has 0 spiro atoms. The van der Waals surface area contributed by atoms with Crippen molar-refractivity contribution in [2.24, 2.45) is 5.92 Å². The zero-order valence-electron chi connectivity index (χ0n) is 18.1. The third-order valence-corrected chi connectivity index (χ3v) is 7.47. The van der Waals surface area contributed by atoms with E-state index in [0.717, 1.165) is 52.1 Å². The van der Waals surface area contributed by atoms with Crippen LogP contribution in [0.15, 0.2) is 35.9 Å². The molecule has 31 heavy (non-hydrogen) atoms. The largest absolute Gasteiger partial charge is 0.379 e. The molecule has 5 nitrogen and oxygen atoms in total. The van der Waals surface area contributed by atoms with E-state index in [9.17, 15) is 14.0 Å². The number of morpholine rings is 1. The van der Waals surface area contributed by atoms with Crippen molar-refractivity contribution >= 4 is 22.7 Å². The SMILES string of the molecule is CC(=O)SC1CCN(C(C(=O)C2CC2)c2ccccc2F)C/C1=C\CN1CCOCC1. The van der Waals surface area contributed by atoms with Crippen LogP contribution in [0.2, 0.25) is 0 Å². The number of ketones is 1. The summed E-state index contributed by atoms with van der Waals surface area (Å²) in [5.74, 6) is -0.134. The molecule has 0 radical (unpaired) electrons. The van der Waals surface area contributed by atoms with Gasteiger partial charge in [-0.1, -0.05) is 36.0 Å². The van der Waals surface area contributed by atoms with E-state index in [0.29, 0.717) is 18.7 Å². The Morgan fingerprint density at radius 3 is 2.61 bits per heavy atom. The van der Waals surface area contributed by atoms with Gasteiger partial charge in [0, 0.05) is 56.4 Å². The van der Waals surface area contributed by atoms with Gasteiger partial charge in [-0.3, -0.25) is 19.4 Å². The fraction of sp³-hybridized carbons (Fsp3) is 0.583. The number of hydrogen-bond acceptors (Lipinski definition) is 6. The van der Waals surface area contributed by atoms with Gasteiger partial charge in [0.25, 0.3) is 0 Å². The summed E-state index contributed by atoms with van der Waals surface area (Å²) in [5.41, 5.74) is 1.65. The average Bonchev–Trinajstić information content (AvgIpc) is 3.61. The summed E-state index contributed by atoms with van der Waals surface area (Å²) >= 11 is 1.37. The van der Waals surface area contributed by atoms with Crippen LogP contribution in [0.3, 0.4) is 0 Å². The molecular formula is C24H31FN2O3S. The minimum Gasteiger partial charge on any atom is -0.379 e. The number of ether oxygens (including phenoxy) is 1. The van der Waals surface area contributed by atoms with Crippen molar-refractivity contribution < 1.29 is 18.7 Å². The molecule has 1 aromatic rings. The third-order valence-electron chi connectivity index (χ3n) is 6.32. The van der Waals surface area contributed by atoms with Gasteiger partial charge in [-0.2, -0.15) is 0 Å². The Bertz CT molecular complexity index is 836. The smallest absolute Gasteiger partial charge is 0.186 e. The summed E-state index contributed by atoms with van der Waals surface area (Å²) in [6, 6.07) is 6.10. The molecule has 2 heterocycles. The van der Waals surface area contributed by atoms with Crippen LogP contribution in [0.5, 0.6) is 0 Å². The maximum atomic E-state index is 14.7. The topological polar surface area (TPSA) is 49.9 Å². The zero-order chi connectivity index (χ0) is 21.8. The molecule has 0 amide bonds. The Kier molecular flexibility index (Phi) is 7.59. The van der Waals surface area contributed by atoms with E-state index in [4.69, 9.17) is 4.74 Å². The summed E-state index contributed by atoms with van der Waals surface area (Å²) in [6.07, 6.45) is 4.81. The summed E-state index contributed by atoms with van der Waals surface area (Å²) in [4.78, 5) is 29.5. The Balaban J connectivity index is 1.56. The summed E-state index contributed by atoms with van der Waals surface area (Å²) in [6.45, 7) is 6.96. The third kappa shape index (κ3) is 5.83. The molecular weight excluding hydrogens is 415 g/mol. The second-order valence-electron chi connectivity index (χ2n) is 8.65. The number of likely N-dealkylation sites (tertiary alicyclic amines) is 1. The van der Waals surface area contributed by atoms with Gasteiger partial charge in [0.15, 0.2) is 10.9 Å². The van der Waals surface area contributed by atoms with Gasteiger partial charge in [-0.05, 0) is 30.9 Å². The molecule has 0 N–H and O–H groups in total. The highest BCUT2D eigenvalue weighted by molar-refractivity contribution is 8.14. The molecule has 7 heteroatoms. The van der Waals surface area contributed by atoms with Crippen LogP contribution in [0.1, 0.15) is 37.8 Å². The van der Waals surface area contributed by atoms with E-state index in [1.807, 2.05) is 0 Å².